The molecule has 0 bridgehead atoms. The van der Waals surface area contributed by atoms with Gasteiger partial charge in [-0.1, -0.05) is 42.5 Å². The molecule has 1 atom stereocenters. The van der Waals surface area contributed by atoms with Crippen molar-refractivity contribution >= 4 is 5.97 Å². The number of rotatable bonds is 4. The summed E-state index contributed by atoms with van der Waals surface area (Å²) in [5, 5.41) is 9.17. The molecule has 0 spiro atoms. The van der Waals surface area contributed by atoms with E-state index in [1.165, 1.54) is 12.1 Å². The summed E-state index contributed by atoms with van der Waals surface area (Å²) in [5.41, 5.74) is 2.18. The van der Waals surface area contributed by atoms with Gasteiger partial charge < -0.3 is 5.11 Å². The number of aliphatic carboxylic acids is 1. The van der Waals surface area contributed by atoms with Crippen LogP contribution in [0.5, 0.6) is 0 Å². The Labute approximate surface area is 135 Å². The lowest BCUT2D eigenvalue weighted by Gasteiger charge is -2.37. The van der Waals surface area contributed by atoms with Gasteiger partial charge in [0, 0.05) is 0 Å². The Morgan fingerprint density at radius 2 is 1.57 bits per heavy atom. The molecule has 0 saturated carbocycles. The van der Waals surface area contributed by atoms with Gasteiger partial charge in [0.05, 0.1) is 12.0 Å². The second kappa shape index (κ2) is 6.92. The van der Waals surface area contributed by atoms with Gasteiger partial charge in [0.1, 0.15) is 5.82 Å². The van der Waals surface area contributed by atoms with Crippen LogP contribution in [0.4, 0.5) is 4.39 Å². The molecule has 1 aliphatic heterocycles. The van der Waals surface area contributed by atoms with E-state index in [-0.39, 0.29) is 17.8 Å². The van der Waals surface area contributed by atoms with Crippen LogP contribution in [-0.2, 0) is 4.79 Å². The zero-order chi connectivity index (χ0) is 16.2. The van der Waals surface area contributed by atoms with E-state index in [9.17, 15) is 9.18 Å². The minimum absolute atomic E-state index is 0.0338. The molecular formula is C19H20FNO2. The molecule has 2 aromatic carbocycles. The topological polar surface area (TPSA) is 40.5 Å². The SMILES string of the molecule is O=C(O)C1CCN(C(c2ccccc2)c2ccc(F)cc2)CC1. The maximum Gasteiger partial charge on any atom is 0.306 e. The zero-order valence-electron chi connectivity index (χ0n) is 12.9. The van der Waals surface area contributed by atoms with Gasteiger partial charge in [-0.3, -0.25) is 9.69 Å². The molecule has 0 amide bonds. The molecule has 0 aromatic heterocycles. The summed E-state index contributed by atoms with van der Waals surface area (Å²) in [6.45, 7) is 1.46. The minimum Gasteiger partial charge on any atom is -0.481 e. The second-order valence-electron chi connectivity index (χ2n) is 6.01. The van der Waals surface area contributed by atoms with Gasteiger partial charge in [-0.2, -0.15) is 0 Å². The third-order valence-corrected chi connectivity index (χ3v) is 4.54. The standard InChI is InChI=1S/C19H20FNO2/c20-17-8-6-15(7-9-17)18(14-4-2-1-3-5-14)21-12-10-16(11-13-21)19(22)23/h1-9,16,18H,10-13H2,(H,22,23). The lowest BCUT2D eigenvalue weighted by atomic mass is 9.91. The molecule has 1 unspecified atom stereocenters. The average Bonchev–Trinajstić information content (AvgIpc) is 2.58. The Bertz CT molecular complexity index is 649. The Hall–Kier alpha value is -2.20. The van der Waals surface area contributed by atoms with Crippen LogP contribution in [0.25, 0.3) is 0 Å². The fourth-order valence-electron chi connectivity index (χ4n) is 3.30. The van der Waals surface area contributed by atoms with Gasteiger partial charge in [0.15, 0.2) is 0 Å². The van der Waals surface area contributed by atoms with Crippen molar-refractivity contribution in [2.75, 3.05) is 13.1 Å². The van der Waals surface area contributed by atoms with Crippen molar-refractivity contribution in [1.82, 2.24) is 4.90 Å². The first-order chi connectivity index (χ1) is 11.1. The van der Waals surface area contributed by atoms with Gasteiger partial charge in [-0.25, -0.2) is 4.39 Å². The van der Waals surface area contributed by atoms with Crippen LogP contribution in [0.15, 0.2) is 54.6 Å². The van der Waals surface area contributed by atoms with Crippen LogP contribution in [0.3, 0.4) is 0 Å². The van der Waals surface area contributed by atoms with E-state index >= 15 is 0 Å². The summed E-state index contributed by atoms with van der Waals surface area (Å²) in [6.07, 6.45) is 1.31. The number of hydrogen-bond acceptors (Lipinski definition) is 2. The molecule has 1 aliphatic rings. The monoisotopic (exact) mass is 313 g/mol. The van der Waals surface area contributed by atoms with Crippen LogP contribution < -0.4 is 0 Å². The predicted molar refractivity (Wildman–Crippen MR) is 86.6 cm³/mol. The summed E-state index contributed by atoms with van der Waals surface area (Å²) in [4.78, 5) is 13.4. The predicted octanol–water partition coefficient (Wildman–Crippen LogP) is 3.71. The van der Waals surface area contributed by atoms with E-state index < -0.39 is 5.97 Å². The molecule has 0 aliphatic carbocycles. The highest BCUT2D eigenvalue weighted by Crippen LogP contribution is 2.32. The molecule has 23 heavy (non-hydrogen) atoms. The van der Waals surface area contributed by atoms with Crippen LogP contribution in [-0.4, -0.2) is 29.1 Å². The summed E-state index contributed by atoms with van der Waals surface area (Å²) >= 11 is 0. The van der Waals surface area contributed by atoms with E-state index in [1.807, 2.05) is 30.3 Å². The number of piperidine rings is 1. The maximum absolute atomic E-state index is 13.3. The number of likely N-dealkylation sites (tertiary alicyclic amines) is 1. The fraction of sp³-hybridized carbons (Fsp3) is 0.316. The van der Waals surface area contributed by atoms with E-state index in [2.05, 4.69) is 17.0 Å². The van der Waals surface area contributed by atoms with Crippen LogP contribution in [0.1, 0.15) is 30.0 Å². The van der Waals surface area contributed by atoms with Crippen molar-refractivity contribution in [3.8, 4) is 0 Å². The molecule has 3 rings (SSSR count). The second-order valence-corrected chi connectivity index (χ2v) is 6.01. The average molecular weight is 313 g/mol. The third-order valence-electron chi connectivity index (χ3n) is 4.54. The summed E-state index contributed by atoms with van der Waals surface area (Å²) < 4.78 is 13.3. The highest BCUT2D eigenvalue weighted by atomic mass is 19.1. The Morgan fingerprint density at radius 3 is 2.13 bits per heavy atom. The van der Waals surface area contributed by atoms with Gasteiger partial charge >= 0.3 is 5.97 Å². The lowest BCUT2D eigenvalue weighted by Crippen LogP contribution is -2.39. The molecule has 1 heterocycles. The van der Waals surface area contributed by atoms with E-state index in [4.69, 9.17) is 5.11 Å². The van der Waals surface area contributed by atoms with Crippen LogP contribution in [0.2, 0.25) is 0 Å². The molecule has 1 saturated heterocycles. The molecule has 2 aromatic rings. The Morgan fingerprint density at radius 1 is 1.00 bits per heavy atom. The third kappa shape index (κ3) is 3.59. The fourth-order valence-corrected chi connectivity index (χ4v) is 3.30. The molecule has 4 heteroatoms. The number of benzene rings is 2. The first-order valence-corrected chi connectivity index (χ1v) is 7.92. The van der Waals surface area contributed by atoms with Gasteiger partial charge in [0.2, 0.25) is 0 Å². The Kier molecular flexibility index (Phi) is 4.72. The van der Waals surface area contributed by atoms with Gasteiger partial charge in [-0.05, 0) is 49.2 Å². The molecule has 3 nitrogen and oxygen atoms in total. The number of nitrogens with zero attached hydrogens (tertiary/aromatic N) is 1. The van der Waals surface area contributed by atoms with Gasteiger partial charge in [0.25, 0.3) is 0 Å². The number of carbonyl (C=O) groups is 1. The van der Waals surface area contributed by atoms with Crippen molar-refractivity contribution < 1.29 is 14.3 Å². The maximum atomic E-state index is 13.3. The molecule has 120 valence electrons. The molecular weight excluding hydrogens is 293 g/mol. The van der Waals surface area contributed by atoms with Crippen molar-refractivity contribution in [3.63, 3.8) is 0 Å². The number of carboxylic acid groups (broad SMARTS) is 1. The quantitative estimate of drug-likeness (QED) is 0.935. The van der Waals surface area contributed by atoms with Crippen molar-refractivity contribution in [1.29, 1.82) is 0 Å². The number of halogens is 1. The Balaban J connectivity index is 1.87. The first kappa shape index (κ1) is 15.7. The smallest absolute Gasteiger partial charge is 0.306 e. The summed E-state index contributed by atoms with van der Waals surface area (Å²) in [7, 11) is 0. The highest BCUT2D eigenvalue weighted by Gasteiger charge is 2.30. The first-order valence-electron chi connectivity index (χ1n) is 7.92. The van der Waals surface area contributed by atoms with E-state index in [0.29, 0.717) is 12.8 Å². The largest absolute Gasteiger partial charge is 0.481 e. The zero-order valence-corrected chi connectivity index (χ0v) is 12.9. The highest BCUT2D eigenvalue weighted by molar-refractivity contribution is 5.70. The number of carboxylic acids is 1. The van der Waals surface area contributed by atoms with Crippen molar-refractivity contribution in [2.45, 2.75) is 18.9 Å². The molecule has 1 fully saturated rings. The summed E-state index contributed by atoms with van der Waals surface area (Å²) in [6, 6.07) is 16.7. The molecule has 0 radical (unpaired) electrons. The van der Waals surface area contributed by atoms with Crippen molar-refractivity contribution in [2.24, 2.45) is 5.92 Å². The summed E-state index contributed by atoms with van der Waals surface area (Å²) in [5.74, 6) is -1.20. The van der Waals surface area contributed by atoms with E-state index in [1.54, 1.807) is 0 Å². The lowest BCUT2D eigenvalue weighted by molar-refractivity contribution is -0.143. The van der Waals surface area contributed by atoms with Crippen molar-refractivity contribution in [3.05, 3.63) is 71.5 Å². The van der Waals surface area contributed by atoms with E-state index in [0.717, 1.165) is 24.2 Å². The van der Waals surface area contributed by atoms with Gasteiger partial charge in [-0.15, -0.1) is 0 Å². The normalized spacial score (nSPS) is 17.8. The number of hydrogen-bond donors (Lipinski definition) is 1. The minimum atomic E-state index is -0.706. The van der Waals surface area contributed by atoms with Crippen LogP contribution >= 0.6 is 0 Å². The van der Waals surface area contributed by atoms with Crippen LogP contribution in [0, 0.1) is 11.7 Å². The molecule has 1 N–H and O–H groups in total.